The van der Waals surface area contributed by atoms with Gasteiger partial charge in [0.15, 0.2) is 11.3 Å². The lowest BCUT2D eigenvalue weighted by Gasteiger charge is -2.39. The molecule has 7 nitrogen and oxygen atoms in total. The van der Waals surface area contributed by atoms with Gasteiger partial charge in [0.2, 0.25) is 0 Å². The van der Waals surface area contributed by atoms with Crippen molar-refractivity contribution in [1.82, 2.24) is 29.9 Å². The maximum Gasteiger partial charge on any atom is 0.179 e. The van der Waals surface area contributed by atoms with Crippen molar-refractivity contribution in [2.24, 2.45) is 11.3 Å². The van der Waals surface area contributed by atoms with Crippen LogP contribution in [-0.2, 0) is 4.74 Å². The maximum absolute atomic E-state index is 5.39. The van der Waals surface area contributed by atoms with E-state index in [9.17, 15) is 0 Å². The first-order chi connectivity index (χ1) is 12.7. The molecule has 0 amide bonds. The summed E-state index contributed by atoms with van der Waals surface area (Å²) in [6.07, 6.45) is 7.22. The van der Waals surface area contributed by atoms with Crippen molar-refractivity contribution in [1.29, 1.82) is 0 Å². The molecule has 1 saturated carbocycles. The molecule has 5 rings (SSSR count). The molecule has 138 valence electrons. The van der Waals surface area contributed by atoms with Gasteiger partial charge in [-0.1, -0.05) is 20.3 Å². The third-order valence-electron chi connectivity index (χ3n) is 6.24. The Morgan fingerprint density at radius 1 is 1.35 bits per heavy atom. The van der Waals surface area contributed by atoms with Crippen molar-refractivity contribution in [2.45, 2.75) is 45.1 Å². The lowest BCUT2D eigenvalue weighted by molar-refractivity contribution is -0.0999. The van der Waals surface area contributed by atoms with E-state index in [0.29, 0.717) is 23.3 Å². The number of hydrogen-bond donors (Lipinski definition) is 2. The summed E-state index contributed by atoms with van der Waals surface area (Å²) in [6, 6.07) is 2.60. The highest BCUT2D eigenvalue weighted by atomic mass is 16.5. The summed E-state index contributed by atoms with van der Waals surface area (Å²) in [6.45, 7) is 7.38. The van der Waals surface area contributed by atoms with Crippen LogP contribution in [0.3, 0.4) is 0 Å². The van der Waals surface area contributed by atoms with E-state index in [1.54, 1.807) is 6.20 Å². The fourth-order valence-corrected chi connectivity index (χ4v) is 4.64. The normalized spacial score (nSPS) is 28.0. The summed E-state index contributed by atoms with van der Waals surface area (Å²) < 4.78 is 7.58. The molecule has 0 radical (unpaired) electrons. The van der Waals surface area contributed by atoms with Crippen LogP contribution in [0.5, 0.6) is 0 Å². The standard InChI is InChI=1S/C19H26N6O/c1-3-12-6-13(22-9-19(2)10-26-11-19)7-14(12)18-24-23-16-8-21-17-15(25(16)18)4-5-20-17/h4-5,8,12-14,20,22H,3,6-7,9-11H2,1-2H3/t12-,13+,14?/m1/s1. The second-order valence-corrected chi connectivity index (χ2v) is 8.35. The molecular formula is C19H26N6O. The van der Waals surface area contributed by atoms with E-state index >= 15 is 0 Å². The van der Waals surface area contributed by atoms with Gasteiger partial charge in [0.25, 0.3) is 0 Å². The SMILES string of the molecule is CC[C@@H]1C[C@H](NCC2(C)COC2)CC1c1nnc2cnc3[nH]ccc3n12. The highest BCUT2D eigenvalue weighted by Crippen LogP contribution is 2.41. The average molecular weight is 354 g/mol. The number of fused-ring (bicyclic) bond motifs is 3. The van der Waals surface area contributed by atoms with Crippen LogP contribution in [0, 0.1) is 11.3 Å². The smallest absolute Gasteiger partial charge is 0.179 e. The molecule has 2 N–H and O–H groups in total. The Morgan fingerprint density at radius 3 is 3.00 bits per heavy atom. The van der Waals surface area contributed by atoms with E-state index in [-0.39, 0.29) is 0 Å². The van der Waals surface area contributed by atoms with Crippen molar-refractivity contribution >= 4 is 16.8 Å². The number of hydrogen-bond acceptors (Lipinski definition) is 5. The van der Waals surface area contributed by atoms with Crippen LogP contribution >= 0.6 is 0 Å². The number of ether oxygens (including phenoxy) is 1. The van der Waals surface area contributed by atoms with Crippen molar-refractivity contribution in [3.8, 4) is 0 Å². The van der Waals surface area contributed by atoms with Gasteiger partial charge in [0.1, 0.15) is 5.82 Å². The maximum atomic E-state index is 5.39. The molecule has 26 heavy (non-hydrogen) atoms. The van der Waals surface area contributed by atoms with Crippen LogP contribution in [0.25, 0.3) is 16.8 Å². The molecule has 7 heteroatoms. The van der Waals surface area contributed by atoms with E-state index in [1.165, 1.54) is 12.8 Å². The van der Waals surface area contributed by atoms with E-state index in [0.717, 1.165) is 48.8 Å². The second-order valence-electron chi connectivity index (χ2n) is 8.35. The quantitative estimate of drug-likeness (QED) is 0.736. The van der Waals surface area contributed by atoms with Crippen LogP contribution in [0.2, 0.25) is 0 Å². The van der Waals surface area contributed by atoms with Gasteiger partial charge >= 0.3 is 0 Å². The molecular weight excluding hydrogens is 328 g/mol. The molecule has 1 unspecified atom stereocenters. The Balaban J connectivity index is 1.43. The lowest BCUT2D eigenvalue weighted by Crippen LogP contribution is -2.49. The number of rotatable bonds is 5. The molecule has 1 saturated heterocycles. The third kappa shape index (κ3) is 2.53. The predicted octanol–water partition coefficient (Wildman–Crippen LogP) is 2.50. The minimum absolute atomic E-state index is 0.310. The van der Waals surface area contributed by atoms with Gasteiger partial charge < -0.3 is 15.0 Å². The zero-order valence-electron chi connectivity index (χ0n) is 15.4. The third-order valence-corrected chi connectivity index (χ3v) is 6.24. The Hall–Kier alpha value is -1.99. The number of H-pyrrole nitrogens is 1. The first kappa shape index (κ1) is 16.2. The van der Waals surface area contributed by atoms with Crippen molar-refractivity contribution < 1.29 is 4.74 Å². The van der Waals surface area contributed by atoms with Gasteiger partial charge in [0, 0.05) is 30.1 Å². The van der Waals surface area contributed by atoms with E-state index in [4.69, 9.17) is 4.74 Å². The Kier molecular flexibility index (Phi) is 3.76. The number of aromatic nitrogens is 5. The molecule has 0 bridgehead atoms. The molecule has 0 aromatic carbocycles. The van der Waals surface area contributed by atoms with Gasteiger partial charge in [-0.2, -0.15) is 0 Å². The predicted molar refractivity (Wildman–Crippen MR) is 99.1 cm³/mol. The zero-order chi connectivity index (χ0) is 17.7. The van der Waals surface area contributed by atoms with Crippen molar-refractivity contribution in [2.75, 3.05) is 19.8 Å². The summed E-state index contributed by atoms with van der Waals surface area (Å²) in [5, 5.41) is 12.8. The molecule has 1 aliphatic heterocycles. The van der Waals surface area contributed by atoms with Crippen molar-refractivity contribution in [3.63, 3.8) is 0 Å². The van der Waals surface area contributed by atoms with Gasteiger partial charge in [-0.05, 0) is 24.8 Å². The van der Waals surface area contributed by atoms with Crippen LogP contribution in [0.1, 0.15) is 44.9 Å². The van der Waals surface area contributed by atoms with Crippen LogP contribution in [0.4, 0.5) is 0 Å². The molecule has 3 atom stereocenters. The Labute approximate surface area is 152 Å². The van der Waals surface area contributed by atoms with Gasteiger partial charge in [-0.15, -0.1) is 10.2 Å². The lowest BCUT2D eigenvalue weighted by atomic mass is 9.88. The first-order valence-corrected chi connectivity index (χ1v) is 9.65. The molecule has 3 aromatic rings. The van der Waals surface area contributed by atoms with Crippen molar-refractivity contribution in [3.05, 3.63) is 24.3 Å². The second kappa shape index (κ2) is 6.03. The average Bonchev–Trinajstić information content (AvgIpc) is 3.33. The molecule has 1 aliphatic carbocycles. The first-order valence-electron chi connectivity index (χ1n) is 9.65. The summed E-state index contributed by atoms with van der Waals surface area (Å²) in [5.74, 6) is 2.15. The summed E-state index contributed by atoms with van der Waals surface area (Å²) in [7, 11) is 0. The zero-order valence-corrected chi connectivity index (χ0v) is 15.4. The van der Waals surface area contributed by atoms with Crippen LogP contribution in [0.15, 0.2) is 18.5 Å². The minimum atomic E-state index is 0.310. The number of nitrogens with zero attached hydrogens (tertiary/aromatic N) is 4. The minimum Gasteiger partial charge on any atom is -0.380 e. The monoisotopic (exact) mass is 354 g/mol. The molecule has 4 heterocycles. The summed E-state index contributed by atoms with van der Waals surface area (Å²) in [4.78, 5) is 7.62. The largest absolute Gasteiger partial charge is 0.380 e. The Morgan fingerprint density at radius 2 is 2.23 bits per heavy atom. The number of nitrogens with one attached hydrogen (secondary N) is 2. The van der Waals surface area contributed by atoms with E-state index in [1.807, 2.05) is 6.20 Å². The summed E-state index contributed by atoms with van der Waals surface area (Å²) >= 11 is 0. The van der Waals surface area contributed by atoms with E-state index in [2.05, 4.69) is 49.8 Å². The van der Waals surface area contributed by atoms with E-state index < -0.39 is 0 Å². The molecule has 3 aromatic heterocycles. The Bertz CT molecular complexity index is 927. The summed E-state index contributed by atoms with van der Waals surface area (Å²) in [5.41, 5.74) is 3.09. The molecule has 2 aliphatic rings. The highest BCUT2D eigenvalue weighted by Gasteiger charge is 2.39. The van der Waals surface area contributed by atoms with Crippen LogP contribution in [-0.4, -0.2) is 50.4 Å². The van der Waals surface area contributed by atoms with Gasteiger partial charge in [-0.25, -0.2) is 4.98 Å². The van der Waals surface area contributed by atoms with Gasteiger partial charge in [0.05, 0.1) is 24.9 Å². The fraction of sp³-hybridized carbons (Fsp3) is 0.632. The number of aromatic amines is 1. The van der Waals surface area contributed by atoms with Crippen LogP contribution < -0.4 is 5.32 Å². The molecule has 0 spiro atoms. The van der Waals surface area contributed by atoms with Gasteiger partial charge in [-0.3, -0.25) is 4.40 Å². The topological polar surface area (TPSA) is 80.1 Å². The fourth-order valence-electron chi connectivity index (χ4n) is 4.64. The highest BCUT2D eigenvalue weighted by molar-refractivity contribution is 5.74. The molecule has 2 fully saturated rings.